The number of ether oxygens (including phenoxy) is 1. The standard InChI is InChI=1S/C12H15FN2O4/c1-7(2)14-12(16)8(3)19-11-6-9(13)4-5-10(11)15(17)18/h4-8H,1-3H3,(H,14,16). The van der Waals surface area contributed by atoms with Gasteiger partial charge in [0.15, 0.2) is 6.10 Å². The number of carbonyl (C=O) groups is 1. The van der Waals surface area contributed by atoms with E-state index in [1.54, 1.807) is 13.8 Å². The largest absolute Gasteiger partial charge is 0.474 e. The number of nitro benzene ring substituents is 1. The van der Waals surface area contributed by atoms with E-state index >= 15 is 0 Å². The first-order chi connectivity index (χ1) is 8.81. The van der Waals surface area contributed by atoms with Crippen molar-refractivity contribution >= 4 is 11.6 Å². The minimum Gasteiger partial charge on any atom is -0.474 e. The molecule has 0 aliphatic carbocycles. The Morgan fingerprint density at radius 1 is 1.42 bits per heavy atom. The molecule has 0 heterocycles. The lowest BCUT2D eigenvalue weighted by atomic mass is 10.2. The first kappa shape index (κ1) is 14.9. The number of hydrogen-bond acceptors (Lipinski definition) is 4. The molecular weight excluding hydrogens is 255 g/mol. The lowest BCUT2D eigenvalue weighted by Crippen LogP contribution is -2.40. The zero-order valence-corrected chi connectivity index (χ0v) is 10.8. The minimum absolute atomic E-state index is 0.0824. The molecule has 0 aliphatic rings. The average Bonchev–Trinajstić information content (AvgIpc) is 2.27. The van der Waals surface area contributed by atoms with Gasteiger partial charge in [0.05, 0.1) is 4.92 Å². The van der Waals surface area contributed by atoms with Gasteiger partial charge in [-0.15, -0.1) is 0 Å². The van der Waals surface area contributed by atoms with Crippen LogP contribution < -0.4 is 10.1 Å². The van der Waals surface area contributed by atoms with E-state index < -0.39 is 22.8 Å². The van der Waals surface area contributed by atoms with Crippen LogP contribution in [-0.2, 0) is 4.79 Å². The van der Waals surface area contributed by atoms with Gasteiger partial charge in [-0.2, -0.15) is 0 Å². The van der Waals surface area contributed by atoms with E-state index in [1.807, 2.05) is 0 Å². The summed E-state index contributed by atoms with van der Waals surface area (Å²) >= 11 is 0. The number of benzene rings is 1. The van der Waals surface area contributed by atoms with Crippen molar-refractivity contribution in [3.63, 3.8) is 0 Å². The molecule has 0 spiro atoms. The average molecular weight is 270 g/mol. The van der Waals surface area contributed by atoms with Gasteiger partial charge in [0.25, 0.3) is 5.91 Å². The van der Waals surface area contributed by atoms with Gasteiger partial charge in [-0.25, -0.2) is 4.39 Å². The van der Waals surface area contributed by atoms with Crippen molar-refractivity contribution in [1.82, 2.24) is 5.32 Å². The number of carbonyl (C=O) groups excluding carboxylic acids is 1. The summed E-state index contributed by atoms with van der Waals surface area (Å²) in [6.45, 7) is 4.98. The molecule has 0 aromatic heterocycles. The van der Waals surface area contributed by atoms with Gasteiger partial charge >= 0.3 is 5.69 Å². The van der Waals surface area contributed by atoms with Crippen LogP contribution in [0, 0.1) is 15.9 Å². The van der Waals surface area contributed by atoms with Crippen LogP contribution in [-0.4, -0.2) is 23.0 Å². The second-order valence-corrected chi connectivity index (χ2v) is 4.29. The van der Waals surface area contributed by atoms with E-state index in [0.29, 0.717) is 0 Å². The predicted molar refractivity (Wildman–Crippen MR) is 66.4 cm³/mol. The number of halogens is 1. The fraction of sp³-hybridized carbons (Fsp3) is 0.417. The number of nitrogens with one attached hydrogen (secondary N) is 1. The smallest absolute Gasteiger partial charge is 0.311 e. The second kappa shape index (κ2) is 6.12. The Morgan fingerprint density at radius 2 is 2.05 bits per heavy atom. The third-order valence-corrected chi connectivity index (χ3v) is 2.22. The number of amides is 1. The van der Waals surface area contributed by atoms with Gasteiger partial charge in [-0.3, -0.25) is 14.9 Å². The van der Waals surface area contributed by atoms with Crippen LogP contribution in [0.5, 0.6) is 5.75 Å². The highest BCUT2D eigenvalue weighted by atomic mass is 19.1. The molecule has 0 radical (unpaired) electrons. The number of rotatable bonds is 5. The zero-order valence-electron chi connectivity index (χ0n) is 10.8. The number of hydrogen-bond donors (Lipinski definition) is 1. The van der Waals surface area contributed by atoms with Crippen molar-refractivity contribution in [2.24, 2.45) is 0 Å². The van der Waals surface area contributed by atoms with Crippen LogP contribution in [0.3, 0.4) is 0 Å². The Balaban J connectivity index is 2.89. The Bertz CT molecular complexity index is 491. The van der Waals surface area contributed by atoms with Crippen molar-refractivity contribution in [2.45, 2.75) is 32.9 Å². The Morgan fingerprint density at radius 3 is 2.58 bits per heavy atom. The molecule has 19 heavy (non-hydrogen) atoms. The molecule has 1 N–H and O–H groups in total. The molecule has 1 aromatic rings. The highest BCUT2D eigenvalue weighted by molar-refractivity contribution is 5.81. The summed E-state index contributed by atoms with van der Waals surface area (Å²) in [5, 5.41) is 13.4. The summed E-state index contributed by atoms with van der Waals surface area (Å²) in [5.41, 5.74) is -0.384. The molecule has 7 heteroatoms. The van der Waals surface area contributed by atoms with Crippen LogP contribution in [0.25, 0.3) is 0 Å². The Labute approximate surface area is 109 Å². The van der Waals surface area contributed by atoms with Crippen molar-refractivity contribution in [3.05, 3.63) is 34.1 Å². The fourth-order valence-corrected chi connectivity index (χ4v) is 1.38. The Kier molecular flexibility index (Phi) is 4.80. The van der Waals surface area contributed by atoms with E-state index in [0.717, 1.165) is 18.2 Å². The van der Waals surface area contributed by atoms with Gasteiger partial charge in [0, 0.05) is 18.2 Å². The summed E-state index contributed by atoms with van der Waals surface area (Å²) in [5.74, 6) is -1.36. The van der Waals surface area contributed by atoms with Gasteiger partial charge in [-0.05, 0) is 26.8 Å². The monoisotopic (exact) mass is 270 g/mol. The molecule has 1 atom stereocenters. The van der Waals surface area contributed by atoms with Gasteiger partial charge in [-0.1, -0.05) is 0 Å². The minimum atomic E-state index is -0.956. The molecule has 1 unspecified atom stereocenters. The summed E-state index contributed by atoms with van der Waals surface area (Å²) in [6, 6.07) is 2.76. The quantitative estimate of drug-likeness (QED) is 0.655. The van der Waals surface area contributed by atoms with Crippen LogP contribution in [0.2, 0.25) is 0 Å². The van der Waals surface area contributed by atoms with Crippen LogP contribution in [0.15, 0.2) is 18.2 Å². The van der Waals surface area contributed by atoms with E-state index in [-0.39, 0.29) is 17.5 Å². The SMILES string of the molecule is CC(C)NC(=O)C(C)Oc1cc(F)ccc1[N+](=O)[O-]. The van der Waals surface area contributed by atoms with Gasteiger partial charge in [0.1, 0.15) is 5.82 Å². The lowest BCUT2D eigenvalue weighted by Gasteiger charge is -2.16. The molecule has 0 bridgehead atoms. The molecule has 1 aromatic carbocycles. The fourth-order valence-electron chi connectivity index (χ4n) is 1.38. The molecule has 0 saturated carbocycles. The third-order valence-electron chi connectivity index (χ3n) is 2.22. The highest BCUT2D eigenvalue weighted by Gasteiger charge is 2.22. The number of nitrogens with zero attached hydrogens (tertiary/aromatic N) is 1. The van der Waals surface area contributed by atoms with Crippen LogP contribution in [0.4, 0.5) is 10.1 Å². The van der Waals surface area contributed by atoms with Crippen LogP contribution in [0.1, 0.15) is 20.8 Å². The summed E-state index contributed by atoms with van der Waals surface area (Å²) in [7, 11) is 0. The molecule has 1 rings (SSSR count). The number of nitro groups is 1. The maximum absolute atomic E-state index is 13.1. The molecule has 104 valence electrons. The Hall–Kier alpha value is -2.18. The van der Waals surface area contributed by atoms with Crippen molar-refractivity contribution < 1.29 is 18.8 Å². The molecule has 0 fully saturated rings. The summed E-state index contributed by atoms with van der Waals surface area (Å²) < 4.78 is 18.2. The second-order valence-electron chi connectivity index (χ2n) is 4.29. The molecule has 6 nitrogen and oxygen atoms in total. The van der Waals surface area contributed by atoms with E-state index in [2.05, 4.69) is 5.32 Å². The van der Waals surface area contributed by atoms with Crippen molar-refractivity contribution in [2.75, 3.05) is 0 Å². The van der Waals surface area contributed by atoms with Crippen molar-refractivity contribution in [1.29, 1.82) is 0 Å². The summed E-state index contributed by atoms with van der Waals surface area (Å²) in [4.78, 5) is 21.7. The first-order valence-electron chi connectivity index (χ1n) is 5.72. The third kappa shape index (κ3) is 4.20. The van der Waals surface area contributed by atoms with Crippen molar-refractivity contribution in [3.8, 4) is 5.75 Å². The van der Waals surface area contributed by atoms with Gasteiger partial charge < -0.3 is 10.1 Å². The molecule has 1 amide bonds. The molecule has 0 saturated heterocycles. The molecule has 0 aliphatic heterocycles. The highest BCUT2D eigenvalue weighted by Crippen LogP contribution is 2.28. The zero-order chi connectivity index (χ0) is 14.6. The molecular formula is C12H15FN2O4. The van der Waals surface area contributed by atoms with Gasteiger partial charge in [0.2, 0.25) is 5.75 Å². The maximum Gasteiger partial charge on any atom is 0.311 e. The first-order valence-corrected chi connectivity index (χ1v) is 5.72. The van der Waals surface area contributed by atoms with E-state index in [4.69, 9.17) is 4.74 Å². The predicted octanol–water partition coefficient (Wildman–Crippen LogP) is 2.03. The normalized spacial score (nSPS) is 12.1. The lowest BCUT2D eigenvalue weighted by molar-refractivity contribution is -0.386. The van der Waals surface area contributed by atoms with E-state index in [9.17, 15) is 19.3 Å². The maximum atomic E-state index is 13.1. The topological polar surface area (TPSA) is 81.5 Å². The van der Waals surface area contributed by atoms with Crippen LogP contribution >= 0.6 is 0 Å². The van der Waals surface area contributed by atoms with E-state index in [1.165, 1.54) is 6.92 Å². The summed E-state index contributed by atoms with van der Waals surface area (Å²) in [6.07, 6.45) is -0.956.